The monoisotopic (exact) mass is 183 g/mol. The highest BCUT2D eigenvalue weighted by Gasteiger charge is 2.26. The van der Waals surface area contributed by atoms with E-state index in [0.717, 1.165) is 13.0 Å². The van der Waals surface area contributed by atoms with E-state index < -0.39 is 0 Å². The molecule has 1 aliphatic heterocycles. The summed E-state index contributed by atoms with van der Waals surface area (Å²) in [7, 11) is 0. The summed E-state index contributed by atoms with van der Waals surface area (Å²) in [6, 6.07) is 0.517. The minimum absolute atomic E-state index is 0.159. The molecule has 1 saturated heterocycles. The zero-order valence-corrected chi connectivity index (χ0v) is 9.05. The molecule has 1 heterocycles. The van der Waals surface area contributed by atoms with E-state index >= 15 is 0 Å². The van der Waals surface area contributed by atoms with E-state index in [4.69, 9.17) is 0 Å². The molecule has 1 rings (SSSR count). The summed E-state index contributed by atoms with van der Waals surface area (Å²) in [5, 5.41) is 0. The molecular formula is C11H21NO. The molecule has 0 spiro atoms. The van der Waals surface area contributed by atoms with Crippen LogP contribution in [0.1, 0.15) is 46.5 Å². The molecule has 0 saturated carbocycles. The summed E-state index contributed by atoms with van der Waals surface area (Å²) >= 11 is 0. The summed E-state index contributed by atoms with van der Waals surface area (Å²) < 4.78 is 0. The smallest absolute Gasteiger partial charge is 0.225 e. The molecule has 0 aromatic heterocycles. The van der Waals surface area contributed by atoms with Crippen LogP contribution in [0.2, 0.25) is 0 Å². The predicted molar refractivity (Wildman–Crippen MR) is 54.5 cm³/mol. The van der Waals surface area contributed by atoms with Crippen molar-refractivity contribution in [1.82, 2.24) is 4.90 Å². The molecule has 1 fully saturated rings. The third-order valence-corrected chi connectivity index (χ3v) is 2.88. The molecule has 0 aromatic rings. The first-order chi connectivity index (χ1) is 6.16. The van der Waals surface area contributed by atoms with E-state index in [9.17, 15) is 4.79 Å². The topological polar surface area (TPSA) is 20.3 Å². The molecule has 1 aliphatic rings. The van der Waals surface area contributed by atoms with E-state index in [2.05, 4.69) is 11.8 Å². The number of carbonyl (C=O) groups is 1. The van der Waals surface area contributed by atoms with Crippen molar-refractivity contribution >= 4 is 5.91 Å². The van der Waals surface area contributed by atoms with E-state index in [0.29, 0.717) is 11.9 Å². The van der Waals surface area contributed by atoms with E-state index in [1.54, 1.807) is 0 Å². The van der Waals surface area contributed by atoms with Crippen molar-refractivity contribution in [3.63, 3.8) is 0 Å². The van der Waals surface area contributed by atoms with Gasteiger partial charge in [-0.1, -0.05) is 20.8 Å². The normalized spacial score (nSPS) is 23.7. The Morgan fingerprint density at radius 1 is 1.46 bits per heavy atom. The van der Waals surface area contributed by atoms with Crippen molar-refractivity contribution in [3.8, 4) is 0 Å². The fourth-order valence-corrected chi connectivity index (χ4v) is 2.05. The van der Waals surface area contributed by atoms with E-state index in [1.807, 2.05) is 13.8 Å². The van der Waals surface area contributed by atoms with Crippen LogP contribution in [-0.2, 0) is 4.79 Å². The lowest BCUT2D eigenvalue weighted by atomic mass is 9.98. The van der Waals surface area contributed by atoms with Crippen LogP contribution in [0.15, 0.2) is 0 Å². The molecule has 2 heteroatoms. The minimum atomic E-state index is 0.159. The van der Waals surface area contributed by atoms with Gasteiger partial charge in [0, 0.05) is 18.5 Å². The van der Waals surface area contributed by atoms with Gasteiger partial charge >= 0.3 is 0 Å². The van der Waals surface area contributed by atoms with Crippen molar-refractivity contribution in [3.05, 3.63) is 0 Å². The van der Waals surface area contributed by atoms with Gasteiger partial charge in [0.25, 0.3) is 0 Å². The van der Waals surface area contributed by atoms with Gasteiger partial charge in [0.15, 0.2) is 0 Å². The quantitative estimate of drug-likeness (QED) is 0.644. The summed E-state index contributed by atoms with van der Waals surface area (Å²) in [4.78, 5) is 13.9. The fourth-order valence-electron chi connectivity index (χ4n) is 2.05. The number of likely N-dealkylation sites (tertiary alicyclic amines) is 1. The molecule has 0 bridgehead atoms. The first kappa shape index (κ1) is 10.6. The molecule has 1 amide bonds. The van der Waals surface area contributed by atoms with Crippen LogP contribution < -0.4 is 0 Å². The molecule has 0 aromatic carbocycles. The standard InChI is InChI=1S/C11H21NO/c1-4-10-7-5-6-8-12(10)11(13)9(2)3/h9-10H,4-8H2,1-3H3. The second kappa shape index (κ2) is 4.64. The number of hydrogen-bond acceptors (Lipinski definition) is 1. The van der Waals surface area contributed by atoms with Gasteiger partial charge in [-0.25, -0.2) is 0 Å². The van der Waals surface area contributed by atoms with Gasteiger partial charge in [0.1, 0.15) is 0 Å². The molecule has 13 heavy (non-hydrogen) atoms. The van der Waals surface area contributed by atoms with Crippen LogP contribution in [0.3, 0.4) is 0 Å². The Bertz CT molecular complexity index is 177. The van der Waals surface area contributed by atoms with Crippen molar-refractivity contribution in [2.45, 2.75) is 52.5 Å². The minimum Gasteiger partial charge on any atom is -0.340 e. The first-order valence-corrected chi connectivity index (χ1v) is 5.47. The lowest BCUT2D eigenvalue weighted by Crippen LogP contribution is -2.45. The number of piperidine rings is 1. The van der Waals surface area contributed by atoms with Crippen molar-refractivity contribution in [1.29, 1.82) is 0 Å². The summed E-state index contributed by atoms with van der Waals surface area (Å²) in [6.45, 7) is 7.14. The van der Waals surface area contributed by atoms with Gasteiger partial charge in [0.2, 0.25) is 5.91 Å². The highest BCUT2D eigenvalue weighted by Crippen LogP contribution is 2.21. The maximum atomic E-state index is 11.8. The van der Waals surface area contributed by atoms with Crippen LogP contribution in [0.4, 0.5) is 0 Å². The number of nitrogens with zero attached hydrogens (tertiary/aromatic N) is 1. The lowest BCUT2D eigenvalue weighted by Gasteiger charge is -2.36. The number of hydrogen-bond donors (Lipinski definition) is 0. The molecule has 1 atom stereocenters. The lowest BCUT2D eigenvalue weighted by molar-refractivity contribution is -0.138. The Kier molecular flexibility index (Phi) is 3.76. The van der Waals surface area contributed by atoms with Crippen LogP contribution in [-0.4, -0.2) is 23.4 Å². The molecule has 1 unspecified atom stereocenters. The summed E-state index contributed by atoms with van der Waals surface area (Å²) in [6.07, 6.45) is 4.79. The molecule has 0 aliphatic carbocycles. The SMILES string of the molecule is CCC1CCCCN1C(=O)C(C)C. The van der Waals surface area contributed by atoms with Crippen molar-refractivity contribution < 1.29 is 4.79 Å². The van der Waals surface area contributed by atoms with Gasteiger partial charge in [-0.3, -0.25) is 4.79 Å². The molecule has 76 valence electrons. The maximum absolute atomic E-state index is 11.8. The second-order valence-corrected chi connectivity index (χ2v) is 4.24. The Balaban J connectivity index is 2.58. The highest BCUT2D eigenvalue weighted by atomic mass is 16.2. The van der Waals surface area contributed by atoms with Gasteiger partial charge in [-0.05, 0) is 25.7 Å². The highest BCUT2D eigenvalue weighted by molar-refractivity contribution is 5.78. The second-order valence-electron chi connectivity index (χ2n) is 4.24. The Morgan fingerprint density at radius 3 is 2.69 bits per heavy atom. The average Bonchev–Trinajstić information content (AvgIpc) is 2.16. The van der Waals surface area contributed by atoms with Crippen LogP contribution in [0.5, 0.6) is 0 Å². The molecule has 0 N–H and O–H groups in total. The fraction of sp³-hybridized carbons (Fsp3) is 0.909. The zero-order valence-electron chi connectivity index (χ0n) is 9.05. The molecule has 2 nitrogen and oxygen atoms in total. The summed E-state index contributed by atoms with van der Waals surface area (Å²) in [5.74, 6) is 0.499. The number of rotatable bonds is 2. The van der Waals surface area contributed by atoms with Gasteiger partial charge < -0.3 is 4.90 Å². The third kappa shape index (κ3) is 2.45. The van der Waals surface area contributed by atoms with Crippen LogP contribution in [0.25, 0.3) is 0 Å². The Hall–Kier alpha value is -0.530. The zero-order chi connectivity index (χ0) is 9.84. The number of amides is 1. The summed E-state index contributed by atoms with van der Waals surface area (Å²) in [5.41, 5.74) is 0. The average molecular weight is 183 g/mol. The van der Waals surface area contributed by atoms with Gasteiger partial charge in [-0.2, -0.15) is 0 Å². The van der Waals surface area contributed by atoms with Crippen LogP contribution in [0, 0.1) is 5.92 Å². The maximum Gasteiger partial charge on any atom is 0.225 e. The number of carbonyl (C=O) groups excluding carboxylic acids is 1. The third-order valence-electron chi connectivity index (χ3n) is 2.88. The first-order valence-electron chi connectivity index (χ1n) is 5.47. The Labute approximate surface area is 81.3 Å². The Morgan fingerprint density at radius 2 is 2.15 bits per heavy atom. The predicted octanol–water partition coefficient (Wildman–Crippen LogP) is 2.43. The van der Waals surface area contributed by atoms with Crippen molar-refractivity contribution in [2.24, 2.45) is 5.92 Å². The van der Waals surface area contributed by atoms with E-state index in [1.165, 1.54) is 19.3 Å². The van der Waals surface area contributed by atoms with Crippen LogP contribution >= 0.6 is 0 Å². The molecular weight excluding hydrogens is 162 g/mol. The van der Waals surface area contributed by atoms with Crippen molar-refractivity contribution in [2.75, 3.05) is 6.54 Å². The largest absolute Gasteiger partial charge is 0.340 e. The van der Waals surface area contributed by atoms with Gasteiger partial charge in [0.05, 0.1) is 0 Å². The molecule has 0 radical (unpaired) electrons. The van der Waals surface area contributed by atoms with Gasteiger partial charge in [-0.15, -0.1) is 0 Å². The van der Waals surface area contributed by atoms with E-state index in [-0.39, 0.29) is 5.92 Å².